The monoisotopic (exact) mass is 134 g/mol. The summed E-state index contributed by atoms with van der Waals surface area (Å²) in [6, 6.07) is 0. The van der Waals surface area contributed by atoms with E-state index in [-0.39, 0.29) is 52.1 Å². The molecule has 2 radical (unpaired) electrons. The molecule has 0 spiro atoms. The van der Waals surface area contributed by atoms with Gasteiger partial charge < -0.3 is 5.11 Å². The van der Waals surface area contributed by atoms with Gasteiger partial charge in [0, 0.05) is 52.1 Å². The van der Waals surface area contributed by atoms with Crippen molar-refractivity contribution in [2.24, 2.45) is 0 Å². The predicted molar refractivity (Wildman–Crippen MR) is 18.5 cm³/mol. The molecule has 0 aliphatic heterocycles. The molecule has 0 rings (SSSR count). The maximum Gasteiger partial charge on any atom is 0.0402 e. The van der Waals surface area contributed by atoms with Crippen LogP contribution in [0.25, 0.3) is 0 Å². The third-order valence-electron chi connectivity index (χ3n) is 0. The second-order valence-electron chi connectivity index (χ2n) is 0.316. The van der Waals surface area contributed by atoms with Gasteiger partial charge in [-0.3, -0.25) is 0 Å². The van der Waals surface area contributed by atoms with Crippen LogP contribution in [0.4, 0.5) is 0 Å². The Hall–Kier alpha value is 1.44. The van der Waals surface area contributed by atoms with Gasteiger partial charge in [-0.1, -0.05) is 0 Å². The Morgan fingerprint density at radius 2 is 1.75 bits per heavy atom. The summed E-state index contributed by atoms with van der Waals surface area (Å²) >= 11 is 0. The molecule has 0 atom stereocenters. The molecular weight excluding hydrogens is 128 g/mol. The summed E-state index contributed by atoms with van der Waals surface area (Å²) in [6.45, 7) is 1.93. The fourth-order valence-electron chi connectivity index (χ4n) is 0. The average molecular weight is 134 g/mol. The Balaban J connectivity index is 0. The Morgan fingerprint density at radius 3 is 1.75 bits per heavy atom. The van der Waals surface area contributed by atoms with E-state index in [0.29, 0.717) is 0 Å². The molecule has 0 aromatic carbocycles. The fourth-order valence-corrected chi connectivity index (χ4v) is 0. The minimum absolute atomic E-state index is 0. The second-order valence-corrected chi connectivity index (χ2v) is 0.316. The van der Waals surface area contributed by atoms with E-state index in [1.165, 1.54) is 0 Å². The van der Waals surface area contributed by atoms with Crippen LogP contribution in [0.1, 0.15) is 6.92 Å². The van der Waals surface area contributed by atoms with Crippen molar-refractivity contribution in [3.63, 3.8) is 0 Å². The summed E-state index contributed by atoms with van der Waals surface area (Å²) in [4.78, 5) is 0. The van der Waals surface area contributed by atoms with E-state index < -0.39 is 0 Å². The van der Waals surface area contributed by atoms with Crippen LogP contribution in [0.5, 0.6) is 0 Å². The zero-order chi connectivity index (χ0) is 2.71. The quantitative estimate of drug-likeness (QED) is 0.447. The molecule has 0 fully saturated rings. The molecule has 0 unspecified atom stereocenters. The first-order valence-corrected chi connectivity index (χ1v) is 1.02. The van der Waals surface area contributed by atoms with Crippen LogP contribution < -0.4 is 0 Å². The molecule has 0 heterocycles. The van der Waals surface area contributed by atoms with Gasteiger partial charge in [0.1, 0.15) is 0 Å². The van der Waals surface area contributed by atoms with Gasteiger partial charge in [0.25, 0.3) is 0 Å². The van der Waals surface area contributed by atoms with Crippen LogP contribution in [0.15, 0.2) is 0 Å². The summed E-state index contributed by atoms with van der Waals surface area (Å²) in [5, 5.41) is 7.57. The van der Waals surface area contributed by atoms with Crippen molar-refractivity contribution in [2.75, 3.05) is 6.61 Å². The van der Waals surface area contributed by atoms with Gasteiger partial charge in [-0.15, -0.1) is 0 Å². The number of aliphatic hydroxyl groups excluding tert-OH is 1. The SMILES string of the molecule is CCO.[Sr]. The van der Waals surface area contributed by atoms with Crippen LogP contribution >= 0.6 is 0 Å². The number of hydrogen-bond donors (Lipinski definition) is 1. The van der Waals surface area contributed by atoms with Crippen molar-refractivity contribution < 1.29 is 5.11 Å². The van der Waals surface area contributed by atoms with Crippen molar-refractivity contribution in [3.05, 3.63) is 0 Å². The van der Waals surface area contributed by atoms with E-state index in [0.717, 1.165) is 0 Å². The standard InChI is InChI=1S/C2H6O.Sr/c1-2-3;/h3H,2H2,1H3;. The number of rotatable bonds is 0. The number of hydrogen-bond acceptors (Lipinski definition) is 1. The normalized spacial score (nSPS) is 4.50. The van der Waals surface area contributed by atoms with Crippen LogP contribution in [0, 0.1) is 0 Å². The van der Waals surface area contributed by atoms with Crippen molar-refractivity contribution in [2.45, 2.75) is 6.92 Å². The zero-order valence-corrected chi connectivity index (χ0v) is 6.34. The predicted octanol–water partition coefficient (Wildman–Crippen LogP) is -0.382. The maximum absolute atomic E-state index is 7.57. The van der Waals surface area contributed by atoms with Crippen LogP contribution in [-0.2, 0) is 0 Å². The molecule has 22 valence electrons. The first-order valence-electron chi connectivity index (χ1n) is 1.02. The topological polar surface area (TPSA) is 20.2 Å². The molecule has 1 nitrogen and oxygen atoms in total. The van der Waals surface area contributed by atoms with E-state index in [9.17, 15) is 0 Å². The third kappa shape index (κ3) is 9.88. The Bertz CT molecular complexity index is 6.00. The molecule has 0 aliphatic rings. The average Bonchev–Trinajstić information content (AvgIpc) is 0.918. The molecule has 0 aliphatic carbocycles. The van der Waals surface area contributed by atoms with Crippen LogP contribution in [0.2, 0.25) is 0 Å². The summed E-state index contributed by atoms with van der Waals surface area (Å²) in [5.74, 6) is 0. The molecule has 0 bridgehead atoms. The third-order valence-corrected chi connectivity index (χ3v) is 0. The van der Waals surface area contributed by atoms with Gasteiger partial charge >= 0.3 is 0 Å². The molecule has 0 aromatic rings. The van der Waals surface area contributed by atoms with Gasteiger partial charge in [0.2, 0.25) is 0 Å². The zero-order valence-electron chi connectivity index (χ0n) is 2.86. The molecule has 2 heteroatoms. The van der Waals surface area contributed by atoms with Crippen LogP contribution in [-0.4, -0.2) is 57.2 Å². The van der Waals surface area contributed by atoms with Crippen molar-refractivity contribution in [1.82, 2.24) is 0 Å². The second kappa shape index (κ2) is 8.83. The molecule has 0 saturated heterocycles. The largest absolute Gasteiger partial charge is 0.397 e. The van der Waals surface area contributed by atoms with Crippen molar-refractivity contribution in [3.8, 4) is 0 Å². The molecular formula is C2H6OSr. The minimum Gasteiger partial charge on any atom is -0.397 e. The van der Waals surface area contributed by atoms with Gasteiger partial charge in [0.15, 0.2) is 0 Å². The van der Waals surface area contributed by atoms with Crippen LogP contribution in [0.3, 0.4) is 0 Å². The Kier molecular flexibility index (Phi) is 20.0. The van der Waals surface area contributed by atoms with E-state index in [4.69, 9.17) is 5.11 Å². The van der Waals surface area contributed by atoms with Gasteiger partial charge in [-0.25, -0.2) is 0 Å². The molecule has 4 heavy (non-hydrogen) atoms. The van der Waals surface area contributed by atoms with E-state index in [2.05, 4.69) is 0 Å². The summed E-state index contributed by atoms with van der Waals surface area (Å²) < 4.78 is 0. The summed E-state index contributed by atoms with van der Waals surface area (Å²) in [5.41, 5.74) is 0. The molecule has 0 amide bonds. The van der Waals surface area contributed by atoms with E-state index in [1.807, 2.05) is 0 Å². The van der Waals surface area contributed by atoms with E-state index >= 15 is 0 Å². The first-order chi connectivity index (χ1) is 1.41. The van der Waals surface area contributed by atoms with E-state index in [1.54, 1.807) is 6.92 Å². The maximum atomic E-state index is 7.57. The fraction of sp³-hybridized carbons (Fsp3) is 1.00. The molecule has 0 saturated carbocycles. The van der Waals surface area contributed by atoms with Crippen molar-refractivity contribution in [1.29, 1.82) is 0 Å². The van der Waals surface area contributed by atoms with Gasteiger partial charge in [-0.05, 0) is 6.92 Å². The summed E-state index contributed by atoms with van der Waals surface area (Å²) in [6.07, 6.45) is 0. The summed E-state index contributed by atoms with van der Waals surface area (Å²) in [7, 11) is 0. The smallest absolute Gasteiger partial charge is 0.0402 e. The van der Waals surface area contributed by atoms with Gasteiger partial charge in [-0.2, -0.15) is 0 Å². The molecule has 0 aromatic heterocycles. The van der Waals surface area contributed by atoms with Gasteiger partial charge in [0.05, 0.1) is 0 Å². The Labute approximate surface area is 63.3 Å². The minimum atomic E-state index is 0. The Morgan fingerprint density at radius 1 is 1.75 bits per heavy atom. The molecule has 1 N–H and O–H groups in total. The number of aliphatic hydroxyl groups is 1. The first kappa shape index (κ1) is 9.06. The van der Waals surface area contributed by atoms with Crippen molar-refractivity contribution >= 4 is 45.5 Å².